The van der Waals surface area contributed by atoms with Gasteiger partial charge >= 0.3 is 51.4 Å². The monoisotopic (exact) mass is 729 g/mol. The van der Waals surface area contributed by atoms with Crippen LogP contribution in [0.1, 0.15) is 244 Å². The van der Waals surface area contributed by atoms with Crippen LogP contribution in [0, 0.1) is 0 Å². The number of rotatable bonds is 38. The Kier molecular flexibility index (Phi) is 39.1. The van der Waals surface area contributed by atoms with E-state index in [-0.39, 0.29) is 56.3 Å². The molecular weight excluding hydrogens is 648 g/mol. The summed E-state index contributed by atoms with van der Waals surface area (Å²) in [6.45, 7) is 2.30. The van der Waals surface area contributed by atoms with Gasteiger partial charge in [-0.15, -0.1) is 0 Å². The standard InChI is InChI=1S/C44H82O3S.K/c1-2-3-4-5-6-7-8-9-10-11-12-13-14-15-16-17-18-19-20-21-22-23-24-25-26-27-28-29-30-31-32-33-34-35-36-37-38-43-39-41-44(42-40-43)48(45,46)47;/h39-42H,2-38H2,1H3,(H,45,46,47);/q;+1/p-1. The molecule has 1 rings (SSSR count). The van der Waals surface area contributed by atoms with E-state index in [1.54, 1.807) is 12.1 Å². The van der Waals surface area contributed by atoms with Crippen LogP contribution in [0.15, 0.2) is 29.2 Å². The molecule has 0 atom stereocenters. The molecule has 0 spiro atoms. The molecule has 3 nitrogen and oxygen atoms in total. The molecule has 0 aliphatic rings. The third-order valence-electron chi connectivity index (χ3n) is 10.5. The molecule has 1 aromatic rings. The molecule has 0 saturated carbocycles. The van der Waals surface area contributed by atoms with E-state index in [1.807, 2.05) is 0 Å². The van der Waals surface area contributed by atoms with Crippen molar-refractivity contribution in [3.63, 3.8) is 0 Å². The summed E-state index contributed by atoms with van der Waals surface area (Å²) in [5.74, 6) is 0. The predicted octanol–water partition coefficient (Wildman–Crippen LogP) is 12.2. The van der Waals surface area contributed by atoms with Crippen molar-refractivity contribution < 1.29 is 64.4 Å². The largest absolute Gasteiger partial charge is 1.00 e. The van der Waals surface area contributed by atoms with Crippen LogP contribution in [-0.4, -0.2) is 13.0 Å². The zero-order valence-electron chi connectivity index (χ0n) is 33.1. The SMILES string of the molecule is CCCCCCCCCCCCCCCCCCCCCCCCCCCCCCCCCCCCCCc1ccc(S(=O)(=O)[O-])cc1.[K+]. The Hall–Kier alpha value is 0.766. The minimum absolute atomic E-state index is 0. The Labute approximate surface area is 350 Å². The molecule has 49 heavy (non-hydrogen) atoms. The summed E-state index contributed by atoms with van der Waals surface area (Å²) < 4.78 is 33.0. The number of aryl methyl sites for hydroxylation is 1. The van der Waals surface area contributed by atoms with Crippen molar-refractivity contribution >= 4 is 10.1 Å². The fraction of sp³-hybridized carbons (Fsp3) is 0.864. The summed E-state index contributed by atoms with van der Waals surface area (Å²) >= 11 is 0. The van der Waals surface area contributed by atoms with Crippen LogP contribution in [0.5, 0.6) is 0 Å². The average molecular weight is 729 g/mol. The van der Waals surface area contributed by atoms with Crippen LogP contribution in [-0.2, 0) is 16.5 Å². The van der Waals surface area contributed by atoms with Gasteiger partial charge in [-0.25, -0.2) is 8.42 Å². The van der Waals surface area contributed by atoms with Crippen molar-refractivity contribution in [1.29, 1.82) is 0 Å². The first-order valence-corrected chi connectivity index (χ1v) is 23.0. The Morgan fingerprint density at radius 3 is 0.776 bits per heavy atom. The second kappa shape index (κ2) is 38.5. The third-order valence-corrected chi connectivity index (χ3v) is 11.4. The molecule has 0 fully saturated rings. The maximum atomic E-state index is 11.0. The molecule has 0 unspecified atom stereocenters. The number of benzene rings is 1. The molecule has 0 aliphatic heterocycles. The van der Waals surface area contributed by atoms with Crippen molar-refractivity contribution in [2.24, 2.45) is 0 Å². The van der Waals surface area contributed by atoms with Crippen molar-refractivity contribution in [1.82, 2.24) is 0 Å². The van der Waals surface area contributed by atoms with Gasteiger partial charge in [0.15, 0.2) is 0 Å². The summed E-state index contributed by atoms with van der Waals surface area (Å²) in [6, 6.07) is 6.41. The molecule has 1 aromatic carbocycles. The van der Waals surface area contributed by atoms with E-state index < -0.39 is 10.1 Å². The van der Waals surface area contributed by atoms with Crippen LogP contribution in [0.4, 0.5) is 0 Å². The minimum atomic E-state index is -4.33. The molecule has 0 aromatic heterocycles. The van der Waals surface area contributed by atoms with E-state index >= 15 is 0 Å². The minimum Gasteiger partial charge on any atom is -0.744 e. The van der Waals surface area contributed by atoms with Crippen molar-refractivity contribution in [2.75, 3.05) is 0 Å². The van der Waals surface area contributed by atoms with E-state index in [1.165, 1.54) is 237 Å². The molecule has 0 heterocycles. The second-order valence-corrected chi connectivity index (χ2v) is 16.6. The Bertz CT molecular complexity index is 886. The van der Waals surface area contributed by atoms with Crippen molar-refractivity contribution in [2.45, 2.75) is 249 Å². The van der Waals surface area contributed by atoms with Gasteiger partial charge in [0, 0.05) is 0 Å². The molecule has 0 radical (unpaired) electrons. The van der Waals surface area contributed by atoms with Crippen LogP contribution in [0.3, 0.4) is 0 Å². The maximum absolute atomic E-state index is 11.0. The Morgan fingerprint density at radius 1 is 0.367 bits per heavy atom. The molecule has 0 amide bonds. The molecule has 0 aliphatic carbocycles. The van der Waals surface area contributed by atoms with Gasteiger partial charge in [0.2, 0.25) is 0 Å². The Balaban J connectivity index is 0.0000230. The van der Waals surface area contributed by atoms with Gasteiger partial charge in [0.05, 0.1) is 4.90 Å². The van der Waals surface area contributed by atoms with Gasteiger partial charge in [-0.1, -0.05) is 244 Å². The van der Waals surface area contributed by atoms with Gasteiger partial charge in [-0.2, -0.15) is 0 Å². The number of unbranched alkanes of at least 4 members (excludes halogenated alkanes) is 35. The molecule has 0 bridgehead atoms. The quantitative estimate of drug-likeness (QED) is 0.0387. The normalized spacial score (nSPS) is 11.6. The van der Waals surface area contributed by atoms with Gasteiger partial charge in [-0.3, -0.25) is 0 Å². The zero-order valence-corrected chi connectivity index (χ0v) is 37.0. The summed E-state index contributed by atoms with van der Waals surface area (Å²) in [5.41, 5.74) is 1.11. The van der Waals surface area contributed by atoms with Gasteiger partial charge < -0.3 is 4.55 Å². The van der Waals surface area contributed by atoms with Crippen molar-refractivity contribution in [3.05, 3.63) is 29.8 Å². The van der Waals surface area contributed by atoms with Gasteiger partial charge in [0.25, 0.3) is 0 Å². The van der Waals surface area contributed by atoms with E-state index in [4.69, 9.17) is 0 Å². The first-order valence-electron chi connectivity index (χ1n) is 21.6. The second-order valence-electron chi connectivity index (χ2n) is 15.2. The molecule has 282 valence electrons. The summed E-state index contributed by atoms with van der Waals surface area (Å²) in [4.78, 5) is -0.132. The van der Waals surface area contributed by atoms with E-state index in [2.05, 4.69) is 6.92 Å². The molecule has 0 N–H and O–H groups in total. The number of hydrogen-bond acceptors (Lipinski definition) is 3. The summed E-state index contributed by atoms with van der Waals surface area (Å²) in [6.07, 6.45) is 52.4. The van der Waals surface area contributed by atoms with Crippen molar-refractivity contribution in [3.8, 4) is 0 Å². The molecule has 5 heteroatoms. The van der Waals surface area contributed by atoms with E-state index in [0.29, 0.717) is 0 Å². The van der Waals surface area contributed by atoms with E-state index in [9.17, 15) is 13.0 Å². The molecular formula is C44H81KO3S. The summed E-state index contributed by atoms with van der Waals surface area (Å²) in [7, 11) is -4.33. The average Bonchev–Trinajstić information content (AvgIpc) is 3.08. The topological polar surface area (TPSA) is 57.2 Å². The molecule has 0 saturated heterocycles. The van der Waals surface area contributed by atoms with Gasteiger partial charge in [-0.05, 0) is 30.5 Å². The first-order chi connectivity index (χ1) is 23.5. The fourth-order valence-electron chi connectivity index (χ4n) is 7.24. The van der Waals surface area contributed by atoms with Crippen LogP contribution < -0.4 is 51.4 Å². The third kappa shape index (κ3) is 35.6. The first kappa shape index (κ1) is 49.8. The Morgan fingerprint density at radius 2 is 0.571 bits per heavy atom. The number of hydrogen-bond donors (Lipinski definition) is 0. The zero-order chi connectivity index (χ0) is 34.6. The van der Waals surface area contributed by atoms with Crippen LogP contribution in [0.25, 0.3) is 0 Å². The smallest absolute Gasteiger partial charge is 0.744 e. The van der Waals surface area contributed by atoms with Crippen LogP contribution in [0.2, 0.25) is 0 Å². The fourth-order valence-corrected chi connectivity index (χ4v) is 7.70. The van der Waals surface area contributed by atoms with Gasteiger partial charge in [0.1, 0.15) is 10.1 Å². The summed E-state index contributed by atoms with van der Waals surface area (Å²) in [5, 5.41) is 0. The van der Waals surface area contributed by atoms with E-state index in [0.717, 1.165) is 18.4 Å². The van der Waals surface area contributed by atoms with Crippen LogP contribution >= 0.6 is 0 Å². The maximum Gasteiger partial charge on any atom is 1.00 e. The predicted molar refractivity (Wildman–Crippen MR) is 210 cm³/mol.